The molecule has 0 aliphatic carbocycles. The van der Waals surface area contributed by atoms with Gasteiger partial charge in [0.1, 0.15) is 37.0 Å². The summed E-state index contributed by atoms with van der Waals surface area (Å²) >= 11 is 0. The van der Waals surface area contributed by atoms with E-state index in [4.69, 9.17) is 18.9 Å². The second-order valence-corrected chi connectivity index (χ2v) is 7.35. The van der Waals surface area contributed by atoms with Crippen LogP contribution in [0.4, 0.5) is 14.9 Å². The molecule has 0 atom stereocenters. The van der Waals surface area contributed by atoms with Crippen LogP contribution in [0.1, 0.15) is 15.9 Å². The number of rotatable bonds is 7. The lowest BCUT2D eigenvalue weighted by molar-refractivity contribution is -0.123. The lowest BCUT2D eigenvalue weighted by atomic mass is 10.2. The summed E-state index contributed by atoms with van der Waals surface area (Å²) in [6, 6.07) is 16.1. The molecule has 0 bridgehead atoms. The first-order valence-corrected chi connectivity index (χ1v) is 10.6. The van der Waals surface area contributed by atoms with E-state index in [1.807, 2.05) is 0 Å². The number of imide groups is 1. The second kappa shape index (κ2) is 11.0. The van der Waals surface area contributed by atoms with Gasteiger partial charge in [-0.25, -0.2) is 14.0 Å². The number of nitrogens with one attached hydrogen (secondary N) is 2. The number of carbonyl (C=O) groups is 3. The third-order valence-corrected chi connectivity index (χ3v) is 4.80. The van der Waals surface area contributed by atoms with Gasteiger partial charge >= 0.3 is 12.0 Å². The first-order valence-electron chi connectivity index (χ1n) is 10.6. The van der Waals surface area contributed by atoms with E-state index in [1.54, 1.807) is 48.5 Å². The Kier molecular flexibility index (Phi) is 7.41. The van der Waals surface area contributed by atoms with E-state index >= 15 is 0 Å². The zero-order valence-electron chi connectivity index (χ0n) is 18.4. The smallest absolute Gasteiger partial charge is 0.342 e. The maximum atomic E-state index is 13.0. The Hall–Kier alpha value is -4.60. The first kappa shape index (κ1) is 23.6. The predicted octanol–water partition coefficient (Wildman–Crippen LogP) is 3.68. The van der Waals surface area contributed by atoms with Crippen molar-refractivity contribution < 1.29 is 37.7 Å². The van der Waals surface area contributed by atoms with Crippen LogP contribution < -0.4 is 24.8 Å². The Labute approximate surface area is 199 Å². The van der Waals surface area contributed by atoms with Gasteiger partial charge in [-0.15, -0.1) is 0 Å². The fraction of sp³-hybridized carbons (Fsp3) is 0.160. The summed E-state index contributed by atoms with van der Waals surface area (Å²) in [4.78, 5) is 36.7. The summed E-state index contributed by atoms with van der Waals surface area (Å²) in [5.41, 5.74) is 1.20. The van der Waals surface area contributed by atoms with Gasteiger partial charge in [0.05, 0.1) is 0 Å². The molecule has 10 heteroatoms. The molecule has 3 amide bonds. The summed E-state index contributed by atoms with van der Waals surface area (Å²) in [6.45, 7) is 0.260. The quantitative estimate of drug-likeness (QED) is 0.496. The molecule has 1 heterocycles. The molecule has 4 rings (SSSR count). The summed E-state index contributed by atoms with van der Waals surface area (Å²) in [7, 11) is 0. The van der Waals surface area contributed by atoms with Crippen LogP contribution in [-0.2, 0) is 16.1 Å². The van der Waals surface area contributed by atoms with E-state index in [9.17, 15) is 18.8 Å². The molecule has 0 aromatic heterocycles. The lowest BCUT2D eigenvalue weighted by Crippen LogP contribution is -2.37. The molecular formula is C25H21FN2O7. The SMILES string of the molecule is O=C(COC(=O)c1ccccc1OCc1ccc(F)cc1)NC(=O)Nc1ccc2c(c1)OCCO2. The molecule has 0 saturated heterocycles. The van der Waals surface area contributed by atoms with Gasteiger partial charge in [-0.3, -0.25) is 10.1 Å². The minimum atomic E-state index is -0.821. The number of carbonyl (C=O) groups excluding carboxylic acids is 3. The van der Waals surface area contributed by atoms with Crippen molar-refractivity contribution in [2.75, 3.05) is 25.1 Å². The Bertz CT molecular complexity index is 1230. The Balaban J connectivity index is 1.27. The third-order valence-electron chi connectivity index (χ3n) is 4.80. The number of urea groups is 1. The number of halogens is 1. The average Bonchev–Trinajstić information content (AvgIpc) is 2.87. The maximum Gasteiger partial charge on any atom is 0.342 e. The van der Waals surface area contributed by atoms with E-state index in [0.29, 0.717) is 36.0 Å². The van der Waals surface area contributed by atoms with Gasteiger partial charge in [0.2, 0.25) is 0 Å². The molecule has 35 heavy (non-hydrogen) atoms. The number of anilines is 1. The molecular weight excluding hydrogens is 459 g/mol. The third kappa shape index (κ3) is 6.47. The monoisotopic (exact) mass is 480 g/mol. The van der Waals surface area contributed by atoms with Crippen molar-refractivity contribution in [1.29, 1.82) is 0 Å². The highest BCUT2D eigenvalue weighted by Crippen LogP contribution is 2.32. The van der Waals surface area contributed by atoms with Crippen LogP contribution in [0.15, 0.2) is 66.7 Å². The van der Waals surface area contributed by atoms with Gasteiger partial charge in [-0.05, 0) is 42.0 Å². The van der Waals surface area contributed by atoms with Gasteiger partial charge in [0.15, 0.2) is 18.1 Å². The molecule has 3 aromatic carbocycles. The molecule has 0 fully saturated rings. The van der Waals surface area contributed by atoms with Crippen molar-refractivity contribution >= 4 is 23.6 Å². The summed E-state index contributed by atoms with van der Waals surface area (Å²) in [5.74, 6) is -0.712. The zero-order valence-corrected chi connectivity index (χ0v) is 18.4. The summed E-state index contributed by atoms with van der Waals surface area (Å²) < 4.78 is 34.6. The number of hydrogen-bond acceptors (Lipinski definition) is 7. The fourth-order valence-electron chi connectivity index (χ4n) is 3.16. The topological polar surface area (TPSA) is 112 Å². The molecule has 1 aliphatic heterocycles. The molecule has 0 saturated carbocycles. The largest absolute Gasteiger partial charge is 0.488 e. The predicted molar refractivity (Wildman–Crippen MR) is 122 cm³/mol. The second-order valence-electron chi connectivity index (χ2n) is 7.35. The fourth-order valence-corrected chi connectivity index (χ4v) is 3.16. The number of hydrogen-bond donors (Lipinski definition) is 2. The van der Waals surface area contributed by atoms with E-state index in [2.05, 4.69) is 10.6 Å². The van der Waals surface area contributed by atoms with E-state index in [-0.39, 0.29) is 23.7 Å². The molecule has 1 aliphatic rings. The Morgan fingerprint density at radius 3 is 2.46 bits per heavy atom. The van der Waals surface area contributed by atoms with Crippen molar-refractivity contribution in [2.24, 2.45) is 0 Å². The Morgan fingerprint density at radius 2 is 1.66 bits per heavy atom. The van der Waals surface area contributed by atoms with Crippen LogP contribution in [0.25, 0.3) is 0 Å². The van der Waals surface area contributed by atoms with Crippen molar-refractivity contribution in [2.45, 2.75) is 6.61 Å². The van der Waals surface area contributed by atoms with E-state index in [0.717, 1.165) is 0 Å². The normalized spacial score (nSPS) is 11.8. The molecule has 0 radical (unpaired) electrons. The van der Waals surface area contributed by atoms with Gasteiger partial charge in [0, 0.05) is 11.8 Å². The summed E-state index contributed by atoms with van der Waals surface area (Å²) in [5, 5.41) is 4.58. The van der Waals surface area contributed by atoms with Crippen LogP contribution >= 0.6 is 0 Å². The molecule has 9 nitrogen and oxygen atoms in total. The van der Waals surface area contributed by atoms with Crippen LogP contribution in [0.3, 0.4) is 0 Å². The number of fused-ring (bicyclic) bond motifs is 1. The molecule has 2 N–H and O–H groups in total. The van der Waals surface area contributed by atoms with Gasteiger partial charge in [0.25, 0.3) is 5.91 Å². The Morgan fingerprint density at radius 1 is 0.914 bits per heavy atom. The minimum Gasteiger partial charge on any atom is -0.488 e. The van der Waals surface area contributed by atoms with Crippen molar-refractivity contribution in [1.82, 2.24) is 5.32 Å². The number of para-hydroxylation sites is 1. The van der Waals surface area contributed by atoms with Crippen LogP contribution in [0, 0.1) is 5.82 Å². The van der Waals surface area contributed by atoms with Crippen molar-refractivity contribution in [3.63, 3.8) is 0 Å². The number of amides is 3. The molecule has 3 aromatic rings. The number of esters is 1. The number of benzene rings is 3. The maximum absolute atomic E-state index is 13.0. The van der Waals surface area contributed by atoms with Crippen molar-refractivity contribution in [3.05, 3.63) is 83.7 Å². The van der Waals surface area contributed by atoms with Crippen LogP contribution in [0.5, 0.6) is 17.2 Å². The first-order chi connectivity index (χ1) is 17.0. The van der Waals surface area contributed by atoms with Crippen LogP contribution in [0.2, 0.25) is 0 Å². The molecule has 0 unspecified atom stereocenters. The van der Waals surface area contributed by atoms with E-state index in [1.165, 1.54) is 18.2 Å². The highest BCUT2D eigenvalue weighted by Gasteiger charge is 2.17. The van der Waals surface area contributed by atoms with Gasteiger partial charge in [-0.2, -0.15) is 0 Å². The van der Waals surface area contributed by atoms with Crippen molar-refractivity contribution in [3.8, 4) is 17.2 Å². The van der Waals surface area contributed by atoms with Gasteiger partial charge < -0.3 is 24.3 Å². The standard InChI is InChI=1S/C25H21FN2O7/c26-17-7-5-16(6-8-17)14-34-20-4-2-1-3-19(20)24(30)35-15-23(29)28-25(31)27-18-9-10-21-22(13-18)33-12-11-32-21/h1-10,13H,11-12,14-15H2,(H2,27,28,29,31). The van der Waals surface area contributed by atoms with Crippen LogP contribution in [-0.4, -0.2) is 37.7 Å². The summed E-state index contributed by atoms with van der Waals surface area (Å²) in [6.07, 6.45) is 0. The van der Waals surface area contributed by atoms with E-state index < -0.39 is 24.5 Å². The lowest BCUT2D eigenvalue weighted by Gasteiger charge is -2.19. The highest BCUT2D eigenvalue weighted by molar-refractivity contribution is 6.02. The minimum absolute atomic E-state index is 0.100. The molecule has 0 spiro atoms. The van der Waals surface area contributed by atoms with Gasteiger partial charge in [-0.1, -0.05) is 24.3 Å². The average molecular weight is 480 g/mol. The molecule has 180 valence electrons. The number of ether oxygens (including phenoxy) is 4. The highest BCUT2D eigenvalue weighted by atomic mass is 19.1. The zero-order chi connectivity index (χ0) is 24.6.